The first-order valence-corrected chi connectivity index (χ1v) is 6.47. The maximum absolute atomic E-state index is 11.9. The maximum Gasteiger partial charge on any atom is 0.269 e. The van der Waals surface area contributed by atoms with Crippen LogP contribution in [0, 0.1) is 0 Å². The van der Waals surface area contributed by atoms with Crippen LogP contribution in [0.1, 0.15) is 23.8 Å². The lowest BCUT2D eigenvalue weighted by Crippen LogP contribution is -2.27. The van der Waals surface area contributed by atoms with Gasteiger partial charge in [-0.25, -0.2) is 4.98 Å². The number of aromatic nitrogens is 1. The minimum absolute atomic E-state index is 0.284. The van der Waals surface area contributed by atoms with E-state index >= 15 is 0 Å². The van der Waals surface area contributed by atoms with Crippen molar-refractivity contribution < 1.29 is 9.90 Å². The van der Waals surface area contributed by atoms with E-state index in [-0.39, 0.29) is 11.6 Å². The van der Waals surface area contributed by atoms with Crippen LogP contribution in [0.5, 0.6) is 0 Å². The van der Waals surface area contributed by atoms with E-state index in [4.69, 9.17) is 16.7 Å². The Bertz CT molecular complexity index is 599. The summed E-state index contributed by atoms with van der Waals surface area (Å²) >= 11 is 6.13. The average Bonchev–Trinajstić information content (AvgIpc) is 2.38. The number of carbonyl (C=O) groups excluding carboxylic acids is 1. The Morgan fingerprint density at radius 1 is 1.47 bits per heavy atom. The molecule has 1 unspecified atom stereocenters. The molecule has 100 valence electrons. The molecule has 0 aliphatic carbocycles. The van der Waals surface area contributed by atoms with Crippen LogP contribution in [0.25, 0.3) is 10.9 Å². The molecule has 0 radical (unpaired) electrons. The molecule has 0 spiro atoms. The Morgan fingerprint density at radius 2 is 2.21 bits per heavy atom. The SMILES string of the molecule is CC(O)CCNC(=O)c1cc(Cl)c2ccccc2n1. The quantitative estimate of drug-likeness (QED) is 0.903. The number of amides is 1. The minimum atomic E-state index is -0.437. The number of carbonyl (C=O) groups is 1. The third-order valence-electron chi connectivity index (χ3n) is 2.75. The molecule has 0 aliphatic rings. The predicted octanol–water partition coefficient (Wildman–Crippen LogP) is 2.39. The van der Waals surface area contributed by atoms with Crippen molar-refractivity contribution in [3.8, 4) is 0 Å². The zero-order chi connectivity index (χ0) is 13.8. The number of hydrogen-bond donors (Lipinski definition) is 2. The summed E-state index contributed by atoms with van der Waals surface area (Å²) in [6.07, 6.45) is 0.0704. The summed E-state index contributed by atoms with van der Waals surface area (Å²) in [5, 5.41) is 13.2. The van der Waals surface area contributed by atoms with Crippen LogP contribution in [0.2, 0.25) is 5.02 Å². The topological polar surface area (TPSA) is 62.2 Å². The van der Waals surface area contributed by atoms with Gasteiger partial charge in [0.05, 0.1) is 16.6 Å². The fourth-order valence-electron chi connectivity index (χ4n) is 1.73. The molecular weight excluding hydrogens is 264 g/mol. The molecule has 0 bridgehead atoms. The van der Waals surface area contributed by atoms with Crippen molar-refractivity contribution in [2.24, 2.45) is 0 Å². The van der Waals surface area contributed by atoms with Gasteiger partial charge < -0.3 is 10.4 Å². The second-order valence-electron chi connectivity index (χ2n) is 4.40. The van der Waals surface area contributed by atoms with E-state index in [1.807, 2.05) is 24.3 Å². The van der Waals surface area contributed by atoms with Gasteiger partial charge in [0.1, 0.15) is 5.69 Å². The van der Waals surface area contributed by atoms with Gasteiger partial charge in [-0.15, -0.1) is 0 Å². The minimum Gasteiger partial charge on any atom is -0.393 e. The first kappa shape index (κ1) is 13.8. The fraction of sp³-hybridized carbons (Fsp3) is 0.286. The van der Waals surface area contributed by atoms with Crippen LogP contribution in [0.4, 0.5) is 0 Å². The summed E-state index contributed by atoms with van der Waals surface area (Å²) in [6, 6.07) is 8.95. The van der Waals surface area contributed by atoms with Crippen molar-refractivity contribution in [3.05, 3.63) is 41.0 Å². The standard InChI is InChI=1S/C14H15ClN2O2/c1-9(18)6-7-16-14(19)13-8-11(15)10-4-2-3-5-12(10)17-13/h2-5,8-9,18H,6-7H2,1H3,(H,16,19). The van der Waals surface area contributed by atoms with Gasteiger partial charge in [-0.2, -0.15) is 0 Å². The van der Waals surface area contributed by atoms with Crippen LogP contribution in [-0.2, 0) is 0 Å². The fourth-order valence-corrected chi connectivity index (χ4v) is 2.00. The Hall–Kier alpha value is -1.65. The second-order valence-corrected chi connectivity index (χ2v) is 4.81. The first-order chi connectivity index (χ1) is 9.08. The van der Waals surface area contributed by atoms with Gasteiger partial charge in [0.25, 0.3) is 5.91 Å². The lowest BCUT2D eigenvalue weighted by Gasteiger charge is -2.08. The van der Waals surface area contributed by atoms with Gasteiger partial charge in [0, 0.05) is 11.9 Å². The third-order valence-corrected chi connectivity index (χ3v) is 3.06. The molecule has 0 fully saturated rings. The molecule has 2 N–H and O–H groups in total. The van der Waals surface area contributed by atoms with Crippen LogP contribution in [-0.4, -0.2) is 28.6 Å². The molecular formula is C14H15ClN2O2. The molecule has 4 nitrogen and oxygen atoms in total. The third kappa shape index (κ3) is 3.43. The highest BCUT2D eigenvalue weighted by Gasteiger charge is 2.10. The Labute approximate surface area is 116 Å². The number of benzene rings is 1. The molecule has 2 rings (SSSR count). The lowest BCUT2D eigenvalue weighted by atomic mass is 10.2. The monoisotopic (exact) mass is 278 g/mol. The smallest absolute Gasteiger partial charge is 0.269 e. The molecule has 1 aromatic carbocycles. The largest absolute Gasteiger partial charge is 0.393 e. The Morgan fingerprint density at radius 3 is 2.95 bits per heavy atom. The van der Waals surface area contributed by atoms with E-state index in [0.717, 1.165) is 5.39 Å². The van der Waals surface area contributed by atoms with E-state index in [2.05, 4.69) is 10.3 Å². The first-order valence-electron chi connectivity index (χ1n) is 6.09. The predicted molar refractivity (Wildman–Crippen MR) is 75.4 cm³/mol. The van der Waals surface area contributed by atoms with Crippen molar-refractivity contribution in [1.82, 2.24) is 10.3 Å². The van der Waals surface area contributed by atoms with Gasteiger partial charge in [0.15, 0.2) is 0 Å². The summed E-state index contributed by atoms with van der Waals surface area (Å²) in [4.78, 5) is 16.2. The summed E-state index contributed by atoms with van der Waals surface area (Å²) in [7, 11) is 0. The van der Waals surface area contributed by atoms with Crippen LogP contribution in [0.15, 0.2) is 30.3 Å². The van der Waals surface area contributed by atoms with Crippen molar-refractivity contribution in [1.29, 1.82) is 0 Å². The summed E-state index contributed by atoms with van der Waals surface area (Å²) < 4.78 is 0. The van der Waals surface area contributed by atoms with Gasteiger partial charge in [-0.1, -0.05) is 29.8 Å². The van der Waals surface area contributed by atoms with Gasteiger partial charge in [0.2, 0.25) is 0 Å². The summed E-state index contributed by atoms with van der Waals surface area (Å²) in [5.41, 5.74) is 0.977. The average molecular weight is 279 g/mol. The van der Waals surface area contributed by atoms with Gasteiger partial charge in [-0.05, 0) is 25.5 Å². The molecule has 0 saturated carbocycles. The van der Waals surface area contributed by atoms with Crippen LogP contribution in [0.3, 0.4) is 0 Å². The molecule has 1 aromatic heterocycles. The molecule has 0 aliphatic heterocycles. The number of aliphatic hydroxyl groups is 1. The zero-order valence-corrected chi connectivity index (χ0v) is 11.3. The normalized spacial score (nSPS) is 12.4. The number of pyridine rings is 1. The van der Waals surface area contributed by atoms with Crippen molar-refractivity contribution >= 4 is 28.4 Å². The van der Waals surface area contributed by atoms with E-state index in [1.165, 1.54) is 0 Å². The number of halogens is 1. The Kier molecular flexibility index (Phi) is 4.35. The second kappa shape index (κ2) is 5.99. The number of aliphatic hydroxyl groups excluding tert-OH is 1. The number of rotatable bonds is 4. The van der Waals surface area contributed by atoms with Gasteiger partial charge in [-0.3, -0.25) is 4.79 Å². The highest BCUT2D eigenvalue weighted by atomic mass is 35.5. The molecule has 2 aromatic rings. The molecule has 1 heterocycles. The number of nitrogens with one attached hydrogen (secondary N) is 1. The molecule has 1 atom stereocenters. The molecule has 1 amide bonds. The molecule has 0 saturated heterocycles. The van der Waals surface area contributed by atoms with E-state index < -0.39 is 6.10 Å². The van der Waals surface area contributed by atoms with E-state index in [0.29, 0.717) is 23.5 Å². The highest BCUT2D eigenvalue weighted by Crippen LogP contribution is 2.22. The molecule has 5 heteroatoms. The highest BCUT2D eigenvalue weighted by molar-refractivity contribution is 6.35. The lowest BCUT2D eigenvalue weighted by molar-refractivity contribution is 0.0941. The van der Waals surface area contributed by atoms with Crippen molar-refractivity contribution in [2.75, 3.05) is 6.54 Å². The number of hydrogen-bond acceptors (Lipinski definition) is 3. The summed E-state index contributed by atoms with van der Waals surface area (Å²) in [6.45, 7) is 2.08. The number of para-hydroxylation sites is 1. The number of fused-ring (bicyclic) bond motifs is 1. The van der Waals surface area contributed by atoms with E-state index in [9.17, 15) is 4.79 Å². The maximum atomic E-state index is 11.9. The number of nitrogens with zero attached hydrogens (tertiary/aromatic N) is 1. The van der Waals surface area contributed by atoms with Gasteiger partial charge >= 0.3 is 0 Å². The van der Waals surface area contributed by atoms with Crippen LogP contribution >= 0.6 is 11.6 Å². The van der Waals surface area contributed by atoms with E-state index in [1.54, 1.807) is 13.0 Å². The van der Waals surface area contributed by atoms with Crippen LogP contribution < -0.4 is 5.32 Å². The zero-order valence-electron chi connectivity index (χ0n) is 10.6. The summed E-state index contributed by atoms with van der Waals surface area (Å²) in [5.74, 6) is -0.284. The van der Waals surface area contributed by atoms with Crippen molar-refractivity contribution in [3.63, 3.8) is 0 Å². The van der Waals surface area contributed by atoms with Crippen molar-refractivity contribution in [2.45, 2.75) is 19.4 Å². The molecule has 19 heavy (non-hydrogen) atoms. The Balaban J connectivity index is 2.18.